The molecule has 0 saturated heterocycles. The van der Waals surface area contributed by atoms with E-state index in [1.807, 2.05) is 0 Å². The molecule has 4 rings (SSSR count). The highest BCUT2D eigenvalue weighted by molar-refractivity contribution is 6.14. The van der Waals surface area contributed by atoms with Crippen LogP contribution in [0.4, 0.5) is 11.4 Å². The zero-order valence-corrected chi connectivity index (χ0v) is 22.8. The van der Waals surface area contributed by atoms with Crippen LogP contribution in [0.2, 0.25) is 0 Å². The molecule has 3 heteroatoms. The second kappa shape index (κ2) is 12.6. The van der Waals surface area contributed by atoms with E-state index in [1.165, 1.54) is 16.9 Å². The van der Waals surface area contributed by atoms with E-state index in [9.17, 15) is 4.79 Å². The van der Waals surface area contributed by atoms with Gasteiger partial charge in [-0.2, -0.15) is 0 Å². The average Bonchev–Trinajstić information content (AvgIpc) is 2.94. The summed E-state index contributed by atoms with van der Waals surface area (Å²) in [6, 6.07) is 27.8. The predicted octanol–water partition coefficient (Wildman–Crippen LogP) is 7.99. The summed E-state index contributed by atoms with van der Waals surface area (Å²) in [6.07, 6.45) is 5.72. The van der Waals surface area contributed by atoms with Crippen molar-refractivity contribution in [2.24, 2.45) is 0 Å². The number of benzene rings is 3. The van der Waals surface area contributed by atoms with E-state index < -0.39 is 0 Å². The molecule has 192 valence electrons. The van der Waals surface area contributed by atoms with Gasteiger partial charge in [-0.1, -0.05) is 54.6 Å². The molecule has 1 saturated carbocycles. The van der Waals surface area contributed by atoms with Gasteiger partial charge < -0.3 is 9.80 Å². The number of carbonyl (C=O) groups excluding carboxylic acids is 1. The van der Waals surface area contributed by atoms with Crippen LogP contribution < -0.4 is 9.80 Å². The molecule has 0 unspecified atom stereocenters. The summed E-state index contributed by atoms with van der Waals surface area (Å²) in [6.45, 7) is 12.6. The molecule has 1 fully saturated rings. The van der Waals surface area contributed by atoms with E-state index in [0.29, 0.717) is 5.92 Å². The number of anilines is 2. The summed E-state index contributed by atoms with van der Waals surface area (Å²) in [5, 5.41) is 0. The minimum Gasteiger partial charge on any atom is -0.372 e. The maximum atomic E-state index is 13.7. The van der Waals surface area contributed by atoms with Crippen LogP contribution in [0.25, 0.3) is 12.2 Å². The van der Waals surface area contributed by atoms with Crippen molar-refractivity contribution in [3.8, 4) is 0 Å². The zero-order valence-electron chi connectivity index (χ0n) is 22.8. The molecule has 3 aromatic carbocycles. The monoisotopic (exact) mass is 492 g/mol. The van der Waals surface area contributed by atoms with Gasteiger partial charge in [0.1, 0.15) is 0 Å². The molecule has 0 aliphatic heterocycles. The van der Waals surface area contributed by atoms with Crippen LogP contribution >= 0.6 is 0 Å². The summed E-state index contributed by atoms with van der Waals surface area (Å²) < 4.78 is 0. The van der Waals surface area contributed by atoms with Gasteiger partial charge in [-0.05, 0) is 99.6 Å². The standard InChI is InChI=1S/C34H40N2O/c1-5-35(6-2)32-18-14-26(15-19-32)22-30-24-29(28-12-10-9-11-13-28)25-31(34(30)37)23-27-16-20-33(21-17-27)36(7-3)8-4/h9-23,29H,5-8,24-25H2,1-4H3. The summed E-state index contributed by atoms with van der Waals surface area (Å²) in [7, 11) is 0. The van der Waals surface area contributed by atoms with Crippen molar-refractivity contribution >= 4 is 29.3 Å². The Morgan fingerprint density at radius 2 is 1.03 bits per heavy atom. The van der Waals surface area contributed by atoms with Gasteiger partial charge >= 0.3 is 0 Å². The van der Waals surface area contributed by atoms with Crippen molar-refractivity contribution in [2.45, 2.75) is 46.5 Å². The third-order valence-electron chi connectivity index (χ3n) is 7.51. The molecule has 0 aromatic heterocycles. The van der Waals surface area contributed by atoms with E-state index in [-0.39, 0.29) is 5.78 Å². The third-order valence-corrected chi connectivity index (χ3v) is 7.51. The molecule has 3 aromatic rings. The van der Waals surface area contributed by atoms with Crippen LogP contribution in [-0.4, -0.2) is 32.0 Å². The Balaban J connectivity index is 1.65. The molecule has 1 aliphatic rings. The molecule has 37 heavy (non-hydrogen) atoms. The third kappa shape index (κ3) is 6.40. The number of Topliss-reactive ketones (excluding diaryl/α,β-unsaturated/α-hetero) is 1. The lowest BCUT2D eigenvalue weighted by molar-refractivity contribution is -0.113. The Hall–Kier alpha value is -3.59. The van der Waals surface area contributed by atoms with Crippen molar-refractivity contribution in [1.29, 1.82) is 0 Å². The topological polar surface area (TPSA) is 23.6 Å². The fourth-order valence-electron chi connectivity index (χ4n) is 5.35. The molecule has 3 nitrogen and oxygen atoms in total. The minimum absolute atomic E-state index is 0.174. The number of ketones is 1. The first kappa shape index (κ1) is 26.5. The van der Waals surface area contributed by atoms with Crippen molar-refractivity contribution < 1.29 is 4.79 Å². The van der Waals surface area contributed by atoms with Crippen molar-refractivity contribution in [2.75, 3.05) is 36.0 Å². The van der Waals surface area contributed by atoms with Crippen LogP contribution in [0.15, 0.2) is 90.0 Å². The number of hydrogen-bond donors (Lipinski definition) is 0. The van der Waals surface area contributed by atoms with E-state index in [2.05, 4.69) is 129 Å². The number of carbonyl (C=O) groups is 1. The molecule has 0 radical (unpaired) electrons. The maximum absolute atomic E-state index is 13.7. The van der Waals surface area contributed by atoms with Crippen LogP contribution in [0.5, 0.6) is 0 Å². The lowest BCUT2D eigenvalue weighted by atomic mass is 9.77. The van der Waals surface area contributed by atoms with Crippen LogP contribution in [-0.2, 0) is 4.79 Å². The fourth-order valence-corrected chi connectivity index (χ4v) is 5.35. The fraction of sp³-hybridized carbons (Fsp3) is 0.324. The van der Waals surface area contributed by atoms with Gasteiger partial charge in [0.15, 0.2) is 5.78 Å². The van der Waals surface area contributed by atoms with E-state index in [4.69, 9.17) is 0 Å². The van der Waals surface area contributed by atoms with E-state index in [1.54, 1.807) is 0 Å². The first-order chi connectivity index (χ1) is 18.1. The van der Waals surface area contributed by atoms with Crippen molar-refractivity contribution in [3.63, 3.8) is 0 Å². The van der Waals surface area contributed by atoms with Gasteiger partial charge in [-0.15, -0.1) is 0 Å². The number of nitrogens with zero attached hydrogens (tertiary/aromatic N) is 2. The van der Waals surface area contributed by atoms with Crippen LogP contribution in [0.1, 0.15) is 63.1 Å². The SMILES string of the molecule is CCN(CC)c1ccc(C=C2CC(c3ccccc3)CC(=Cc3ccc(N(CC)CC)cc3)C2=O)cc1. The number of rotatable bonds is 9. The maximum Gasteiger partial charge on any atom is 0.185 e. The van der Waals surface area contributed by atoms with Gasteiger partial charge in [0, 0.05) is 48.7 Å². The second-order valence-corrected chi connectivity index (χ2v) is 9.71. The first-order valence-electron chi connectivity index (χ1n) is 13.8. The zero-order chi connectivity index (χ0) is 26.2. The highest BCUT2D eigenvalue weighted by Gasteiger charge is 2.28. The molecule has 0 N–H and O–H groups in total. The second-order valence-electron chi connectivity index (χ2n) is 9.71. The molecular weight excluding hydrogens is 452 g/mol. The summed E-state index contributed by atoms with van der Waals surface area (Å²) in [5.41, 5.74) is 7.67. The summed E-state index contributed by atoms with van der Waals surface area (Å²) >= 11 is 0. The van der Waals surface area contributed by atoms with Gasteiger partial charge in [0.25, 0.3) is 0 Å². The molecular formula is C34H40N2O. The van der Waals surface area contributed by atoms with Crippen molar-refractivity contribution in [1.82, 2.24) is 0 Å². The Kier molecular flexibility index (Phi) is 9.00. The Labute approximate surface area is 223 Å². The van der Waals surface area contributed by atoms with E-state index in [0.717, 1.165) is 61.3 Å². The highest BCUT2D eigenvalue weighted by atomic mass is 16.1. The molecule has 0 spiro atoms. The smallest absolute Gasteiger partial charge is 0.185 e. The van der Waals surface area contributed by atoms with Gasteiger partial charge in [0.2, 0.25) is 0 Å². The Morgan fingerprint density at radius 3 is 1.41 bits per heavy atom. The minimum atomic E-state index is 0.174. The quantitative estimate of drug-likeness (QED) is 0.283. The Morgan fingerprint density at radius 1 is 0.622 bits per heavy atom. The molecule has 0 amide bonds. The van der Waals surface area contributed by atoms with Crippen LogP contribution in [0.3, 0.4) is 0 Å². The van der Waals surface area contributed by atoms with Gasteiger partial charge in [0.05, 0.1) is 0 Å². The van der Waals surface area contributed by atoms with Crippen molar-refractivity contribution in [3.05, 3.63) is 107 Å². The van der Waals surface area contributed by atoms with E-state index >= 15 is 0 Å². The summed E-state index contributed by atoms with van der Waals surface area (Å²) in [5.74, 6) is 0.467. The molecule has 0 bridgehead atoms. The lowest BCUT2D eigenvalue weighted by Gasteiger charge is -2.26. The largest absolute Gasteiger partial charge is 0.372 e. The molecule has 0 heterocycles. The van der Waals surface area contributed by atoms with Gasteiger partial charge in [-0.3, -0.25) is 4.79 Å². The first-order valence-corrected chi connectivity index (χ1v) is 13.8. The number of hydrogen-bond acceptors (Lipinski definition) is 3. The summed E-state index contributed by atoms with van der Waals surface area (Å²) in [4.78, 5) is 18.4. The normalized spacial score (nSPS) is 17.8. The molecule has 1 aliphatic carbocycles. The Bertz CT molecular complexity index is 1140. The lowest BCUT2D eigenvalue weighted by Crippen LogP contribution is -2.21. The molecule has 0 atom stereocenters. The number of allylic oxidation sites excluding steroid dienone is 2. The predicted molar refractivity (Wildman–Crippen MR) is 159 cm³/mol. The van der Waals surface area contributed by atoms with Crippen LogP contribution in [0, 0.1) is 0 Å². The highest BCUT2D eigenvalue weighted by Crippen LogP contribution is 2.38. The average molecular weight is 493 g/mol. The van der Waals surface area contributed by atoms with Gasteiger partial charge in [-0.25, -0.2) is 0 Å².